The van der Waals surface area contributed by atoms with Gasteiger partial charge in [-0.2, -0.15) is 0 Å². The molecule has 0 bridgehead atoms. The van der Waals surface area contributed by atoms with E-state index in [-0.39, 0.29) is 18.9 Å². The summed E-state index contributed by atoms with van der Waals surface area (Å²) in [6.07, 6.45) is 64.3. The number of aliphatic hydroxyl groups excluding tert-OH is 3. The summed E-state index contributed by atoms with van der Waals surface area (Å²) < 4.78 is 0. The summed E-state index contributed by atoms with van der Waals surface area (Å²) in [5.74, 6) is -0.325. The van der Waals surface area contributed by atoms with Crippen molar-refractivity contribution >= 4 is 5.91 Å². The fourth-order valence-corrected chi connectivity index (χ4v) is 7.86. The number of rotatable bonds is 47. The zero-order valence-electron chi connectivity index (χ0n) is 39.4. The second kappa shape index (κ2) is 49.0. The lowest BCUT2D eigenvalue weighted by atomic mass is 10.0. The second-order valence-electron chi connectivity index (χ2n) is 17.8. The van der Waals surface area contributed by atoms with Crippen molar-refractivity contribution in [1.29, 1.82) is 0 Å². The Morgan fingerprint density at radius 2 is 0.780 bits per heavy atom. The maximum Gasteiger partial charge on any atom is 0.222 e. The van der Waals surface area contributed by atoms with Crippen molar-refractivity contribution in [2.24, 2.45) is 0 Å². The molecular formula is C54H101NO4. The summed E-state index contributed by atoms with van der Waals surface area (Å²) in [6, 6.07) is -0.761. The molecule has 0 aromatic heterocycles. The van der Waals surface area contributed by atoms with Crippen LogP contribution in [0.4, 0.5) is 0 Å². The molecule has 5 heteroatoms. The van der Waals surface area contributed by atoms with Gasteiger partial charge in [-0.15, -0.1) is 0 Å². The van der Waals surface area contributed by atoms with Crippen LogP contribution in [0.1, 0.15) is 264 Å². The molecule has 0 spiro atoms. The molecular weight excluding hydrogens is 727 g/mol. The highest BCUT2D eigenvalue weighted by Gasteiger charge is 2.20. The van der Waals surface area contributed by atoms with Crippen molar-refractivity contribution in [2.45, 2.75) is 283 Å². The first kappa shape index (κ1) is 57.3. The van der Waals surface area contributed by atoms with Gasteiger partial charge in [0.05, 0.1) is 31.3 Å². The molecule has 5 nitrogen and oxygen atoms in total. The third-order valence-corrected chi connectivity index (χ3v) is 11.8. The van der Waals surface area contributed by atoms with Crippen LogP contribution in [-0.2, 0) is 4.79 Å². The van der Waals surface area contributed by atoms with Crippen molar-refractivity contribution < 1.29 is 20.1 Å². The predicted molar refractivity (Wildman–Crippen MR) is 259 cm³/mol. The molecule has 0 fully saturated rings. The van der Waals surface area contributed by atoms with Crippen LogP contribution in [0.3, 0.4) is 0 Å². The average Bonchev–Trinajstić information content (AvgIpc) is 3.23. The quantitative estimate of drug-likeness (QED) is 0.0363. The molecule has 0 saturated heterocycles. The van der Waals surface area contributed by atoms with E-state index in [1.54, 1.807) is 6.08 Å². The fourth-order valence-electron chi connectivity index (χ4n) is 7.86. The Bertz CT molecular complexity index is 958. The smallest absolute Gasteiger partial charge is 0.222 e. The third-order valence-electron chi connectivity index (χ3n) is 11.8. The van der Waals surface area contributed by atoms with Crippen LogP contribution in [0.2, 0.25) is 0 Å². The van der Waals surface area contributed by atoms with Crippen LogP contribution < -0.4 is 5.32 Å². The summed E-state index contributed by atoms with van der Waals surface area (Å²) in [5, 5.41) is 33.3. The Morgan fingerprint density at radius 1 is 0.441 bits per heavy atom. The van der Waals surface area contributed by atoms with Gasteiger partial charge in [-0.1, -0.05) is 242 Å². The molecule has 0 radical (unpaired) electrons. The van der Waals surface area contributed by atoms with Crippen molar-refractivity contribution in [3.8, 4) is 0 Å². The molecule has 59 heavy (non-hydrogen) atoms. The summed E-state index contributed by atoms with van der Waals surface area (Å²) >= 11 is 0. The van der Waals surface area contributed by atoms with E-state index in [1.807, 2.05) is 6.08 Å². The van der Waals surface area contributed by atoms with E-state index in [9.17, 15) is 20.1 Å². The van der Waals surface area contributed by atoms with E-state index in [2.05, 4.69) is 55.6 Å². The number of unbranched alkanes of at least 4 members (excludes halogenated alkanes) is 32. The van der Waals surface area contributed by atoms with Gasteiger partial charge in [0, 0.05) is 0 Å². The molecule has 4 N–H and O–H groups in total. The van der Waals surface area contributed by atoms with Gasteiger partial charge in [-0.3, -0.25) is 4.79 Å². The van der Waals surface area contributed by atoms with Crippen LogP contribution in [0.25, 0.3) is 0 Å². The fraction of sp³-hybridized carbons (Fsp3) is 0.833. The largest absolute Gasteiger partial charge is 0.394 e. The van der Waals surface area contributed by atoms with Crippen LogP contribution in [0, 0.1) is 0 Å². The van der Waals surface area contributed by atoms with Crippen LogP contribution in [-0.4, -0.2) is 46.1 Å². The Balaban J connectivity index is 3.56. The van der Waals surface area contributed by atoms with E-state index < -0.39 is 18.2 Å². The number of allylic oxidation sites excluding steroid dienone is 7. The van der Waals surface area contributed by atoms with Crippen molar-refractivity contribution in [3.63, 3.8) is 0 Å². The molecule has 0 aliphatic heterocycles. The normalized spacial score (nSPS) is 13.8. The summed E-state index contributed by atoms with van der Waals surface area (Å²) in [4.78, 5) is 12.5. The molecule has 346 valence electrons. The minimum atomic E-state index is -0.951. The zero-order valence-corrected chi connectivity index (χ0v) is 39.4. The number of aliphatic hydroxyl groups is 3. The SMILES string of the molecule is CCCCCCCCC/C=C/CC/C=C/C(O)C(CO)NC(=O)CC(O)CCCCCCCCCCCCCCCCC/C=C\C/C=C\CCCCCCCCCCC. The van der Waals surface area contributed by atoms with E-state index in [0.717, 1.165) is 38.5 Å². The highest BCUT2D eigenvalue weighted by Crippen LogP contribution is 2.16. The Labute approximate surface area is 367 Å². The lowest BCUT2D eigenvalue weighted by Crippen LogP contribution is -2.45. The first-order chi connectivity index (χ1) is 29.0. The maximum atomic E-state index is 12.5. The number of hydrogen-bond acceptors (Lipinski definition) is 4. The van der Waals surface area contributed by atoms with Crippen LogP contribution in [0.5, 0.6) is 0 Å². The molecule has 0 heterocycles. The summed E-state index contributed by atoms with van der Waals surface area (Å²) in [7, 11) is 0. The maximum absolute atomic E-state index is 12.5. The van der Waals surface area contributed by atoms with Gasteiger partial charge < -0.3 is 20.6 Å². The molecule has 0 saturated carbocycles. The van der Waals surface area contributed by atoms with E-state index >= 15 is 0 Å². The number of amides is 1. The average molecular weight is 828 g/mol. The van der Waals surface area contributed by atoms with E-state index in [0.29, 0.717) is 6.42 Å². The number of nitrogens with one attached hydrogen (secondary N) is 1. The molecule has 0 aromatic carbocycles. The Kier molecular flexibility index (Phi) is 47.6. The third kappa shape index (κ3) is 45.7. The number of hydrogen-bond donors (Lipinski definition) is 4. The monoisotopic (exact) mass is 828 g/mol. The molecule has 0 aromatic rings. The van der Waals surface area contributed by atoms with Gasteiger partial charge in [-0.25, -0.2) is 0 Å². The first-order valence-electron chi connectivity index (χ1n) is 25.9. The highest BCUT2D eigenvalue weighted by molar-refractivity contribution is 5.76. The van der Waals surface area contributed by atoms with Crippen LogP contribution in [0.15, 0.2) is 48.6 Å². The standard InChI is InChI=1S/C54H101NO4/c1-3-5-7-9-11-13-15-17-18-19-20-21-22-23-24-25-26-27-28-29-30-31-32-33-34-36-37-39-41-43-45-47-51(57)49-54(59)55-52(50-56)53(58)48-46-44-42-40-38-35-16-14-12-10-8-6-4-2/h20-21,23-24,38,40,46,48,51-53,56-58H,3-19,22,25-37,39,41-45,47,49-50H2,1-2H3,(H,55,59)/b21-20-,24-23-,40-38+,48-46+. The minimum absolute atomic E-state index is 0.00578. The molecule has 3 unspecified atom stereocenters. The minimum Gasteiger partial charge on any atom is -0.394 e. The van der Waals surface area contributed by atoms with Gasteiger partial charge in [0.1, 0.15) is 0 Å². The molecule has 0 aliphatic carbocycles. The van der Waals surface area contributed by atoms with Gasteiger partial charge in [0.25, 0.3) is 0 Å². The van der Waals surface area contributed by atoms with Gasteiger partial charge in [0.2, 0.25) is 5.91 Å². The topological polar surface area (TPSA) is 89.8 Å². The highest BCUT2D eigenvalue weighted by atomic mass is 16.3. The molecule has 0 rings (SSSR count). The van der Waals surface area contributed by atoms with Gasteiger partial charge in [-0.05, 0) is 64.2 Å². The zero-order chi connectivity index (χ0) is 43.0. The summed E-state index contributed by atoms with van der Waals surface area (Å²) in [5.41, 5.74) is 0. The molecule has 3 atom stereocenters. The van der Waals surface area contributed by atoms with Crippen LogP contribution >= 0.6 is 0 Å². The van der Waals surface area contributed by atoms with Gasteiger partial charge >= 0.3 is 0 Å². The predicted octanol–water partition coefficient (Wildman–Crippen LogP) is 15.7. The Morgan fingerprint density at radius 3 is 1.19 bits per heavy atom. The lowest BCUT2D eigenvalue weighted by Gasteiger charge is -2.21. The first-order valence-corrected chi connectivity index (χ1v) is 25.9. The van der Waals surface area contributed by atoms with E-state index in [4.69, 9.17) is 0 Å². The lowest BCUT2D eigenvalue weighted by molar-refractivity contribution is -0.124. The van der Waals surface area contributed by atoms with Crippen molar-refractivity contribution in [1.82, 2.24) is 5.32 Å². The molecule has 1 amide bonds. The van der Waals surface area contributed by atoms with Crippen molar-refractivity contribution in [3.05, 3.63) is 48.6 Å². The van der Waals surface area contributed by atoms with Crippen molar-refractivity contribution in [2.75, 3.05) is 6.61 Å². The molecule has 0 aliphatic rings. The van der Waals surface area contributed by atoms with Gasteiger partial charge in [0.15, 0.2) is 0 Å². The summed E-state index contributed by atoms with van der Waals surface area (Å²) in [6.45, 7) is 4.20. The second-order valence-corrected chi connectivity index (χ2v) is 17.8. The van der Waals surface area contributed by atoms with E-state index in [1.165, 1.54) is 199 Å². The number of carbonyl (C=O) groups excluding carboxylic acids is 1. The Hall–Kier alpha value is -1.69. The number of carbonyl (C=O) groups is 1.